The molecule has 3 N–H and O–H groups in total. The first kappa shape index (κ1) is 21.2. The van der Waals surface area contributed by atoms with Crippen molar-refractivity contribution < 1.29 is 12.8 Å². The minimum absolute atomic E-state index is 0.0358. The minimum Gasteiger partial charge on any atom is -0.382 e. The van der Waals surface area contributed by atoms with Gasteiger partial charge in [0.25, 0.3) is 0 Å². The lowest BCUT2D eigenvalue weighted by Gasteiger charge is -2.18. The van der Waals surface area contributed by atoms with Crippen molar-refractivity contribution in [1.29, 1.82) is 5.26 Å². The van der Waals surface area contributed by atoms with Crippen LogP contribution >= 0.6 is 0 Å². The number of nitrogens with zero attached hydrogens (tertiary/aromatic N) is 5. The number of nitriles is 1. The number of anilines is 2. The van der Waals surface area contributed by atoms with E-state index >= 15 is 0 Å². The Bertz CT molecular complexity index is 1490. The average Bonchev–Trinajstić information content (AvgIpc) is 3.12. The zero-order valence-corrected chi connectivity index (χ0v) is 17.9. The van der Waals surface area contributed by atoms with Gasteiger partial charge in [-0.1, -0.05) is 6.07 Å². The van der Waals surface area contributed by atoms with E-state index < -0.39 is 21.7 Å². The van der Waals surface area contributed by atoms with E-state index in [-0.39, 0.29) is 22.1 Å². The summed E-state index contributed by atoms with van der Waals surface area (Å²) in [5, 5.41) is 12.5. The second-order valence-corrected chi connectivity index (χ2v) is 9.18. The molecule has 162 valence electrons. The molecule has 4 rings (SSSR count). The van der Waals surface area contributed by atoms with E-state index in [0.29, 0.717) is 22.5 Å². The second kappa shape index (κ2) is 7.90. The number of sulfone groups is 1. The molecule has 1 unspecified atom stereocenters. The summed E-state index contributed by atoms with van der Waals surface area (Å²) < 4.78 is 39.9. The van der Waals surface area contributed by atoms with Gasteiger partial charge < -0.3 is 11.1 Å². The van der Waals surface area contributed by atoms with Gasteiger partial charge in [0, 0.05) is 18.0 Å². The smallest absolute Gasteiger partial charge is 0.175 e. The molecule has 0 saturated carbocycles. The molecule has 1 atom stereocenters. The Morgan fingerprint density at radius 2 is 2.00 bits per heavy atom. The van der Waals surface area contributed by atoms with Gasteiger partial charge in [-0.2, -0.15) is 5.26 Å². The predicted molar refractivity (Wildman–Crippen MR) is 117 cm³/mol. The Hall–Kier alpha value is -4.04. The van der Waals surface area contributed by atoms with Gasteiger partial charge in [0.2, 0.25) is 0 Å². The highest BCUT2D eigenvalue weighted by Crippen LogP contribution is 2.29. The van der Waals surface area contributed by atoms with Crippen LogP contribution in [0.1, 0.15) is 24.4 Å². The van der Waals surface area contributed by atoms with Gasteiger partial charge >= 0.3 is 0 Å². The maximum absolute atomic E-state index is 14.1. The molecule has 9 nitrogen and oxygen atoms in total. The van der Waals surface area contributed by atoms with Gasteiger partial charge in [-0.05, 0) is 37.3 Å². The molecule has 4 aromatic rings. The summed E-state index contributed by atoms with van der Waals surface area (Å²) >= 11 is 0. The Morgan fingerprint density at radius 1 is 1.22 bits per heavy atom. The van der Waals surface area contributed by atoms with E-state index in [1.165, 1.54) is 30.6 Å². The van der Waals surface area contributed by atoms with Gasteiger partial charge in [-0.3, -0.25) is 4.57 Å². The number of hydrogen-bond donors (Lipinski definition) is 2. The first-order chi connectivity index (χ1) is 15.2. The fourth-order valence-corrected chi connectivity index (χ4v) is 4.03. The van der Waals surface area contributed by atoms with Crippen molar-refractivity contribution in [2.45, 2.75) is 17.9 Å². The van der Waals surface area contributed by atoms with Crippen LogP contribution in [0.5, 0.6) is 0 Å². The molecule has 2 aromatic heterocycles. The van der Waals surface area contributed by atoms with Crippen LogP contribution < -0.4 is 11.1 Å². The zero-order chi connectivity index (χ0) is 23.0. The van der Waals surface area contributed by atoms with Crippen LogP contribution in [0.2, 0.25) is 0 Å². The normalized spacial score (nSPS) is 12.4. The van der Waals surface area contributed by atoms with Crippen molar-refractivity contribution in [2.75, 3.05) is 17.3 Å². The molecule has 0 aliphatic rings. The van der Waals surface area contributed by atoms with Gasteiger partial charge in [0.05, 0.1) is 22.0 Å². The molecule has 0 spiro atoms. The molecular formula is C21H18FN7O2S. The molecule has 0 amide bonds. The summed E-state index contributed by atoms with van der Waals surface area (Å²) in [6.07, 6.45) is 2.35. The lowest BCUT2D eigenvalue weighted by Crippen LogP contribution is -2.15. The predicted octanol–water partition coefficient (Wildman–Crippen LogP) is 2.99. The molecule has 0 fully saturated rings. The summed E-state index contributed by atoms with van der Waals surface area (Å²) in [5.41, 5.74) is 7.33. The van der Waals surface area contributed by atoms with Gasteiger partial charge in [-0.25, -0.2) is 27.8 Å². The minimum atomic E-state index is -3.46. The summed E-state index contributed by atoms with van der Waals surface area (Å²) in [6, 6.07) is 11.9. The fourth-order valence-electron chi connectivity index (χ4n) is 3.37. The summed E-state index contributed by atoms with van der Waals surface area (Å²) in [7, 11) is -3.46. The van der Waals surface area contributed by atoms with E-state index in [1.54, 1.807) is 29.7 Å². The van der Waals surface area contributed by atoms with Crippen molar-refractivity contribution in [1.82, 2.24) is 19.5 Å². The molecule has 32 heavy (non-hydrogen) atoms. The molecule has 0 bridgehead atoms. The second-order valence-electron chi connectivity index (χ2n) is 7.17. The van der Waals surface area contributed by atoms with Crippen molar-refractivity contribution in [3.63, 3.8) is 0 Å². The number of nitrogens with one attached hydrogen (secondary N) is 1. The highest BCUT2D eigenvalue weighted by molar-refractivity contribution is 7.90. The Morgan fingerprint density at radius 3 is 2.72 bits per heavy atom. The highest BCUT2D eigenvalue weighted by atomic mass is 32.2. The monoisotopic (exact) mass is 451 g/mol. The number of aromatic nitrogens is 4. The molecule has 11 heteroatoms. The van der Waals surface area contributed by atoms with Crippen LogP contribution in [-0.4, -0.2) is 34.2 Å². The number of hydrogen-bond acceptors (Lipinski definition) is 8. The lowest BCUT2D eigenvalue weighted by molar-refractivity contribution is 0.601. The summed E-state index contributed by atoms with van der Waals surface area (Å²) in [4.78, 5) is 12.7. The molecule has 0 saturated heterocycles. The van der Waals surface area contributed by atoms with Crippen molar-refractivity contribution in [3.8, 4) is 11.8 Å². The largest absolute Gasteiger partial charge is 0.382 e. The van der Waals surface area contributed by atoms with Crippen LogP contribution in [0.15, 0.2) is 53.7 Å². The number of nitrogen functional groups attached to an aromatic ring is 1. The van der Waals surface area contributed by atoms with Gasteiger partial charge in [0.15, 0.2) is 9.84 Å². The quantitative estimate of drug-likeness (QED) is 0.472. The van der Waals surface area contributed by atoms with Crippen molar-refractivity contribution >= 4 is 32.5 Å². The van der Waals surface area contributed by atoms with Crippen LogP contribution in [0.25, 0.3) is 16.7 Å². The summed E-state index contributed by atoms with van der Waals surface area (Å²) in [6.45, 7) is 1.79. The van der Waals surface area contributed by atoms with E-state index in [1.807, 2.05) is 6.07 Å². The first-order valence-corrected chi connectivity index (χ1v) is 11.3. The number of nitrogens with two attached hydrogens (primary N) is 1. The SMILES string of the molecule is CC(Nc1ncnc(N)c1C#N)c1nc2ccc(F)cc2n1-c1cccc(S(C)(=O)=O)c1. The number of benzene rings is 2. The van der Waals surface area contributed by atoms with E-state index in [9.17, 15) is 18.1 Å². The molecule has 0 radical (unpaired) electrons. The molecule has 2 heterocycles. The van der Waals surface area contributed by atoms with Crippen molar-refractivity contribution in [2.24, 2.45) is 0 Å². The molecule has 0 aliphatic carbocycles. The lowest BCUT2D eigenvalue weighted by atomic mass is 10.2. The van der Waals surface area contributed by atoms with Crippen LogP contribution in [0, 0.1) is 17.1 Å². The van der Waals surface area contributed by atoms with Crippen LogP contribution in [0.3, 0.4) is 0 Å². The third-order valence-electron chi connectivity index (χ3n) is 4.88. The van der Waals surface area contributed by atoms with Gasteiger partial charge in [0.1, 0.15) is 41.2 Å². The van der Waals surface area contributed by atoms with Gasteiger partial charge in [-0.15, -0.1) is 0 Å². The third-order valence-corrected chi connectivity index (χ3v) is 5.99. The third kappa shape index (κ3) is 3.83. The Labute approximate surface area is 183 Å². The van der Waals surface area contributed by atoms with E-state index in [0.717, 1.165) is 6.26 Å². The topological polar surface area (TPSA) is 140 Å². The van der Waals surface area contributed by atoms with Crippen molar-refractivity contribution in [3.05, 3.63) is 66.0 Å². The highest BCUT2D eigenvalue weighted by Gasteiger charge is 2.21. The Balaban J connectivity index is 1.90. The van der Waals surface area contributed by atoms with Crippen LogP contribution in [-0.2, 0) is 9.84 Å². The molecule has 0 aliphatic heterocycles. The standard InChI is InChI=1S/C21H18FN7O2S/c1-12(27-20-16(10-23)19(24)25-11-26-20)21-28-17-7-6-13(22)8-18(17)29(21)14-4-3-5-15(9-14)32(2,30)31/h3-9,11-12H,1-2H3,(H3,24,25,26,27). The molecular weight excluding hydrogens is 433 g/mol. The number of imidazole rings is 1. The number of halogens is 1. The van der Waals surface area contributed by atoms with Crippen LogP contribution in [0.4, 0.5) is 16.0 Å². The number of fused-ring (bicyclic) bond motifs is 1. The van der Waals surface area contributed by atoms with E-state index in [2.05, 4.69) is 20.3 Å². The summed E-state index contributed by atoms with van der Waals surface area (Å²) in [5.74, 6) is 0.258. The maximum Gasteiger partial charge on any atom is 0.175 e. The first-order valence-electron chi connectivity index (χ1n) is 9.44. The fraction of sp³-hybridized carbons (Fsp3) is 0.143. The number of rotatable bonds is 5. The average molecular weight is 451 g/mol. The van der Waals surface area contributed by atoms with E-state index in [4.69, 9.17) is 5.73 Å². The Kier molecular flexibility index (Phi) is 5.23. The molecule has 2 aromatic carbocycles. The maximum atomic E-state index is 14.1. The zero-order valence-electron chi connectivity index (χ0n) is 17.1.